The lowest BCUT2D eigenvalue weighted by Gasteiger charge is -2.33. The van der Waals surface area contributed by atoms with Gasteiger partial charge < -0.3 is 15.0 Å². The summed E-state index contributed by atoms with van der Waals surface area (Å²) in [6.07, 6.45) is 2.46. The third-order valence-corrected chi connectivity index (χ3v) is 5.49. The van der Waals surface area contributed by atoms with Crippen LogP contribution in [0.25, 0.3) is 10.9 Å². The summed E-state index contributed by atoms with van der Waals surface area (Å²) in [5.74, 6) is -0.0348. The van der Waals surface area contributed by atoms with Gasteiger partial charge in [0.1, 0.15) is 12.6 Å². The van der Waals surface area contributed by atoms with Crippen molar-refractivity contribution in [2.75, 3.05) is 26.2 Å². The summed E-state index contributed by atoms with van der Waals surface area (Å²) in [5.41, 5.74) is 1.35. The first-order chi connectivity index (χ1) is 15.9. The van der Waals surface area contributed by atoms with Crippen molar-refractivity contribution in [3.8, 4) is 0 Å². The van der Waals surface area contributed by atoms with Gasteiger partial charge in [0.15, 0.2) is 0 Å². The first kappa shape index (κ1) is 22.6. The Bertz CT molecular complexity index is 1220. The molecule has 3 heterocycles. The monoisotopic (exact) mass is 449 g/mol. The number of aromatic nitrogens is 3. The molecule has 0 aliphatic carbocycles. The van der Waals surface area contributed by atoms with Crippen molar-refractivity contribution < 1.29 is 14.3 Å². The van der Waals surface area contributed by atoms with Crippen LogP contribution < -0.4 is 11.0 Å². The summed E-state index contributed by atoms with van der Waals surface area (Å²) in [6, 6.07) is 10.8. The van der Waals surface area contributed by atoms with Gasteiger partial charge in [0.2, 0.25) is 5.91 Å². The Morgan fingerprint density at radius 2 is 2.06 bits per heavy atom. The average Bonchev–Trinajstić information content (AvgIpc) is 2.83. The standard InChI is InChI=1S/C24H27N5O4/c1-16(2)13-26-23(31)18-12-20(27-19-7-4-3-6-17(18)19)21-14-28(10-11-33-21)22(30)15-29-9-5-8-25-24(29)32/h3-9,12,16,21H,10-11,13-15H2,1-2H3,(H,26,31)/t21-/m1/s1. The number of nitrogens with one attached hydrogen (secondary N) is 1. The number of pyridine rings is 1. The molecule has 0 spiro atoms. The highest BCUT2D eigenvalue weighted by atomic mass is 16.5. The van der Waals surface area contributed by atoms with Crippen LogP contribution in [-0.2, 0) is 16.1 Å². The van der Waals surface area contributed by atoms with E-state index in [1.165, 1.54) is 17.0 Å². The topological polar surface area (TPSA) is 106 Å². The van der Waals surface area contributed by atoms with Gasteiger partial charge in [0.25, 0.3) is 5.91 Å². The van der Waals surface area contributed by atoms with Gasteiger partial charge >= 0.3 is 5.69 Å². The highest BCUT2D eigenvalue weighted by Gasteiger charge is 2.28. The quantitative estimate of drug-likeness (QED) is 0.615. The number of rotatable bonds is 6. The molecule has 1 N–H and O–H groups in total. The number of carbonyl (C=O) groups excluding carboxylic acids is 2. The van der Waals surface area contributed by atoms with Crippen LogP contribution in [0.5, 0.6) is 0 Å². The Balaban J connectivity index is 1.57. The molecule has 3 aromatic rings. The van der Waals surface area contributed by atoms with Gasteiger partial charge in [0.05, 0.1) is 29.9 Å². The molecule has 9 nitrogen and oxygen atoms in total. The van der Waals surface area contributed by atoms with Crippen molar-refractivity contribution in [2.45, 2.75) is 26.5 Å². The summed E-state index contributed by atoms with van der Waals surface area (Å²) in [7, 11) is 0. The zero-order valence-electron chi connectivity index (χ0n) is 18.7. The minimum absolute atomic E-state index is 0.0899. The van der Waals surface area contributed by atoms with Gasteiger partial charge in [-0.3, -0.25) is 14.2 Å². The molecule has 33 heavy (non-hydrogen) atoms. The molecule has 1 aliphatic rings. The average molecular weight is 450 g/mol. The minimum atomic E-state index is -0.477. The lowest BCUT2D eigenvalue weighted by atomic mass is 10.0. The van der Waals surface area contributed by atoms with Crippen LogP contribution >= 0.6 is 0 Å². The Morgan fingerprint density at radius 1 is 1.24 bits per heavy atom. The minimum Gasteiger partial charge on any atom is -0.368 e. The van der Waals surface area contributed by atoms with E-state index in [1.807, 2.05) is 38.1 Å². The third kappa shape index (κ3) is 5.25. The summed E-state index contributed by atoms with van der Waals surface area (Å²) in [5, 5.41) is 3.74. The van der Waals surface area contributed by atoms with Gasteiger partial charge in [-0.05, 0) is 24.1 Å². The lowest BCUT2D eigenvalue weighted by Crippen LogP contribution is -2.45. The molecular formula is C24H27N5O4. The smallest absolute Gasteiger partial charge is 0.347 e. The summed E-state index contributed by atoms with van der Waals surface area (Å²) in [4.78, 5) is 47.7. The van der Waals surface area contributed by atoms with Crippen LogP contribution in [0.2, 0.25) is 0 Å². The molecule has 0 saturated carbocycles. The molecule has 2 amide bonds. The predicted octanol–water partition coefficient (Wildman–Crippen LogP) is 1.78. The largest absolute Gasteiger partial charge is 0.368 e. The number of ether oxygens (including phenoxy) is 1. The van der Waals surface area contributed by atoms with E-state index in [0.29, 0.717) is 42.4 Å². The van der Waals surface area contributed by atoms with Crippen molar-refractivity contribution in [3.05, 3.63) is 70.5 Å². The first-order valence-corrected chi connectivity index (χ1v) is 11.0. The van der Waals surface area contributed by atoms with E-state index in [2.05, 4.69) is 10.3 Å². The summed E-state index contributed by atoms with van der Waals surface area (Å²) >= 11 is 0. The number of hydrogen-bond donors (Lipinski definition) is 1. The van der Waals surface area contributed by atoms with Gasteiger partial charge in [-0.15, -0.1) is 0 Å². The number of hydrogen-bond acceptors (Lipinski definition) is 6. The highest BCUT2D eigenvalue weighted by molar-refractivity contribution is 6.06. The molecule has 0 bridgehead atoms. The molecule has 1 fully saturated rings. The number of morpholine rings is 1. The Hall–Kier alpha value is -3.59. The lowest BCUT2D eigenvalue weighted by molar-refractivity contribution is -0.139. The number of fused-ring (bicyclic) bond motifs is 1. The summed E-state index contributed by atoms with van der Waals surface area (Å²) < 4.78 is 7.21. The highest BCUT2D eigenvalue weighted by Crippen LogP contribution is 2.26. The van der Waals surface area contributed by atoms with Crippen molar-refractivity contribution in [2.24, 2.45) is 5.92 Å². The molecule has 172 valence electrons. The van der Waals surface area contributed by atoms with Crippen molar-refractivity contribution in [1.82, 2.24) is 24.8 Å². The van der Waals surface area contributed by atoms with E-state index < -0.39 is 11.8 Å². The molecule has 4 rings (SSSR count). The molecule has 0 radical (unpaired) electrons. The van der Waals surface area contributed by atoms with E-state index in [-0.39, 0.29) is 24.9 Å². The van der Waals surface area contributed by atoms with E-state index in [4.69, 9.17) is 9.72 Å². The van der Waals surface area contributed by atoms with Crippen LogP contribution in [0.4, 0.5) is 0 Å². The summed E-state index contributed by atoms with van der Waals surface area (Å²) in [6.45, 7) is 5.59. The molecule has 2 aromatic heterocycles. The van der Waals surface area contributed by atoms with E-state index in [9.17, 15) is 14.4 Å². The number of amides is 2. The molecule has 1 aliphatic heterocycles. The van der Waals surface area contributed by atoms with Gasteiger partial charge in [-0.1, -0.05) is 32.0 Å². The van der Waals surface area contributed by atoms with Crippen LogP contribution in [0, 0.1) is 5.92 Å². The fraction of sp³-hybridized carbons (Fsp3) is 0.375. The van der Waals surface area contributed by atoms with Crippen LogP contribution in [0.15, 0.2) is 53.6 Å². The van der Waals surface area contributed by atoms with Gasteiger partial charge in [-0.25, -0.2) is 14.8 Å². The van der Waals surface area contributed by atoms with E-state index in [0.717, 1.165) is 5.39 Å². The van der Waals surface area contributed by atoms with Crippen molar-refractivity contribution in [3.63, 3.8) is 0 Å². The molecule has 1 atom stereocenters. The third-order valence-electron chi connectivity index (χ3n) is 5.49. The first-order valence-electron chi connectivity index (χ1n) is 11.0. The Morgan fingerprint density at radius 3 is 2.85 bits per heavy atom. The number of benzene rings is 1. The second-order valence-electron chi connectivity index (χ2n) is 8.45. The molecule has 0 unspecified atom stereocenters. The van der Waals surface area contributed by atoms with Gasteiger partial charge in [0, 0.05) is 30.9 Å². The van der Waals surface area contributed by atoms with Crippen molar-refractivity contribution in [1.29, 1.82) is 0 Å². The zero-order chi connectivity index (χ0) is 23.4. The van der Waals surface area contributed by atoms with E-state index in [1.54, 1.807) is 17.0 Å². The Kier molecular flexibility index (Phi) is 6.79. The van der Waals surface area contributed by atoms with Crippen LogP contribution in [0.1, 0.15) is 36.0 Å². The molecular weight excluding hydrogens is 422 g/mol. The number of carbonyl (C=O) groups is 2. The second-order valence-corrected chi connectivity index (χ2v) is 8.45. The maximum Gasteiger partial charge on any atom is 0.347 e. The predicted molar refractivity (Wildman–Crippen MR) is 123 cm³/mol. The molecule has 9 heteroatoms. The molecule has 1 aromatic carbocycles. The van der Waals surface area contributed by atoms with Gasteiger partial charge in [-0.2, -0.15) is 0 Å². The maximum absolute atomic E-state index is 12.9. The normalized spacial score (nSPS) is 16.2. The van der Waals surface area contributed by atoms with E-state index >= 15 is 0 Å². The van der Waals surface area contributed by atoms with Crippen LogP contribution in [-0.4, -0.2) is 57.5 Å². The fourth-order valence-corrected chi connectivity index (χ4v) is 3.75. The fourth-order valence-electron chi connectivity index (χ4n) is 3.75. The number of nitrogens with zero attached hydrogens (tertiary/aromatic N) is 4. The Labute approximate surface area is 191 Å². The second kappa shape index (κ2) is 9.91. The maximum atomic E-state index is 12.9. The van der Waals surface area contributed by atoms with Crippen molar-refractivity contribution >= 4 is 22.7 Å². The molecule has 1 saturated heterocycles. The SMILES string of the molecule is CC(C)CNC(=O)c1cc([C@H]2CN(C(=O)Cn3cccnc3=O)CCO2)nc2ccccc12. The zero-order valence-corrected chi connectivity index (χ0v) is 18.7. The van der Waals surface area contributed by atoms with Crippen LogP contribution in [0.3, 0.4) is 0 Å². The number of para-hydroxylation sites is 1.